The maximum Gasteiger partial charge on any atom is 0.272 e. The molecule has 4 aromatic carbocycles. The Morgan fingerprint density at radius 2 is 1.51 bits per heavy atom. The second-order valence-electron chi connectivity index (χ2n) is 8.72. The number of hydrogen-bond acceptors (Lipinski definition) is 4. The molecule has 1 unspecified atom stereocenters. The summed E-state index contributed by atoms with van der Waals surface area (Å²) >= 11 is 13.6. The van der Waals surface area contributed by atoms with E-state index < -0.39 is 22.9 Å². The van der Waals surface area contributed by atoms with Crippen LogP contribution in [0.1, 0.15) is 22.8 Å². The van der Waals surface area contributed by atoms with E-state index in [9.17, 15) is 18.8 Å². The van der Waals surface area contributed by atoms with Crippen LogP contribution in [0, 0.1) is 5.82 Å². The Kier molecular flexibility index (Phi) is 10.2. The normalized spacial score (nSPS) is 11.9. The van der Waals surface area contributed by atoms with Crippen LogP contribution in [-0.4, -0.2) is 23.0 Å². The van der Waals surface area contributed by atoms with Gasteiger partial charge >= 0.3 is 0 Å². The maximum absolute atomic E-state index is 14.5. The lowest BCUT2D eigenvalue weighted by Crippen LogP contribution is -2.30. The van der Waals surface area contributed by atoms with Crippen LogP contribution in [0.25, 0.3) is 6.08 Å². The van der Waals surface area contributed by atoms with Crippen LogP contribution in [0.15, 0.2) is 108 Å². The Balaban J connectivity index is 1.52. The molecule has 0 heterocycles. The van der Waals surface area contributed by atoms with Crippen LogP contribution >= 0.6 is 35.0 Å². The van der Waals surface area contributed by atoms with Gasteiger partial charge in [0.1, 0.15) is 11.5 Å². The molecule has 10 heteroatoms. The van der Waals surface area contributed by atoms with E-state index in [0.29, 0.717) is 26.9 Å². The predicted octanol–water partition coefficient (Wildman–Crippen LogP) is 7.66. The van der Waals surface area contributed by atoms with Crippen LogP contribution < -0.4 is 16.0 Å². The molecular formula is C31H24Cl2FN3O3S. The maximum atomic E-state index is 14.5. The zero-order valence-electron chi connectivity index (χ0n) is 21.7. The number of benzene rings is 4. The minimum Gasteiger partial charge on any atom is -0.324 e. The number of nitrogens with one attached hydrogen (secondary N) is 3. The highest BCUT2D eigenvalue weighted by Crippen LogP contribution is 2.28. The number of para-hydroxylation sites is 1. The fourth-order valence-corrected chi connectivity index (χ4v) is 4.96. The number of halogens is 3. The first-order valence-corrected chi connectivity index (χ1v) is 14.0. The molecule has 0 bridgehead atoms. The number of rotatable bonds is 9. The Hall–Kier alpha value is -4.11. The van der Waals surface area contributed by atoms with Crippen molar-refractivity contribution < 1.29 is 18.8 Å². The van der Waals surface area contributed by atoms with Crippen molar-refractivity contribution in [2.45, 2.75) is 17.1 Å². The van der Waals surface area contributed by atoms with Crippen molar-refractivity contribution in [3.05, 3.63) is 130 Å². The monoisotopic (exact) mass is 607 g/mol. The Labute approximate surface area is 250 Å². The summed E-state index contributed by atoms with van der Waals surface area (Å²) in [6.07, 6.45) is 1.19. The van der Waals surface area contributed by atoms with Gasteiger partial charge in [0.25, 0.3) is 11.8 Å². The van der Waals surface area contributed by atoms with Crippen molar-refractivity contribution in [2.24, 2.45) is 0 Å². The fraction of sp³-hybridized carbons (Fsp3) is 0.0645. The molecule has 0 aliphatic rings. The van der Waals surface area contributed by atoms with E-state index in [1.807, 2.05) is 0 Å². The highest BCUT2D eigenvalue weighted by Gasteiger charge is 2.19. The third kappa shape index (κ3) is 8.20. The van der Waals surface area contributed by atoms with Gasteiger partial charge in [0.15, 0.2) is 0 Å². The van der Waals surface area contributed by atoms with Crippen molar-refractivity contribution in [3.8, 4) is 0 Å². The number of carbonyl (C=O) groups excluding carboxylic acids is 3. The van der Waals surface area contributed by atoms with Crippen molar-refractivity contribution in [2.75, 3.05) is 10.6 Å². The molecule has 3 amide bonds. The average molecular weight is 609 g/mol. The molecule has 0 saturated carbocycles. The molecule has 1 atom stereocenters. The summed E-state index contributed by atoms with van der Waals surface area (Å²) in [5.74, 6) is -2.14. The van der Waals surface area contributed by atoms with Crippen LogP contribution in [-0.2, 0) is 9.59 Å². The first-order chi connectivity index (χ1) is 19.7. The Bertz CT molecular complexity index is 1600. The summed E-state index contributed by atoms with van der Waals surface area (Å²) in [6, 6.07) is 26.2. The number of anilines is 2. The molecule has 0 fully saturated rings. The Morgan fingerprint density at radius 1 is 0.829 bits per heavy atom. The molecule has 6 nitrogen and oxygen atoms in total. The molecule has 41 heavy (non-hydrogen) atoms. The fourth-order valence-electron chi connectivity index (χ4n) is 3.64. The zero-order valence-corrected chi connectivity index (χ0v) is 24.0. The lowest BCUT2D eigenvalue weighted by molar-refractivity contribution is -0.115. The van der Waals surface area contributed by atoms with Crippen LogP contribution in [0.5, 0.6) is 0 Å². The van der Waals surface area contributed by atoms with E-state index in [2.05, 4.69) is 16.0 Å². The van der Waals surface area contributed by atoms with Gasteiger partial charge in [0.05, 0.1) is 21.0 Å². The molecule has 0 aliphatic heterocycles. The first-order valence-electron chi connectivity index (χ1n) is 12.4. The molecule has 3 N–H and O–H groups in total. The van der Waals surface area contributed by atoms with Crippen LogP contribution in [0.4, 0.5) is 15.8 Å². The lowest BCUT2D eigenvalue weighted by Gasteiger charge is -2.15. The topological polar surface area (TPSA) is 87.3 Å². The van der Waals surface area contributed by atoms with Gasteiger partial charge in [-0.2, -0.15) is 0 Å². The molecule has 0 spiro atoms. The minimum atomic E-state index is -0.694. The van der Waals surface area contributed by atoms with Crippen LogP contribution in [0.3, 0.4) is 0 Å². The van der Waals surface area contributed by atoms with Gasteiger partial charge in [-0.3, -0.25) is 14.4 Å². The van der Waals surface area contributed by atoms with Gasteiger partial charge in [-0.15, -0.1) is 11.8 Å². The molecule has 4 rings (SSSR count). The van der Waals surface area contributed by atoms with Gasteiger partial charge in [-0.1, -0.05) is 65.7 Å². The van der Waals surface area contributed by atoms with E-state index in [-0.39, 0.29) is 22.2 Å². The van der Waals surface area contributed by atoms with E-state index >= 15 is 0 Å². The average Bonchev–Trinajstić information content (AvgIpc) is 2.96. The largest absolute Gasteiger partial charge is 0.324 e. The molecule has 0 radical (unpaired) electrons. The smallest absolute Gasteiger partial charge is 0.272 e. The summed E-state index contributed by atoms with van der Waals surface area (Å²) in [5.41, 5.74) is 0.970. The standard InChI is InChI=1S/C31H24Cl2FN3O3S/c1-19(29(38)36-27-16-6-5-13-25(27)33)41-22-12-7-11-21(17-22)35-31(40)28(18-23-24(32)14-8-15-26(23)34)37-30(39)20-9-3-2-4-10-20/h2-19H,1H3,(H,35,40)(H,36,38)(H,37,39)/b28-18+. The number of carbonyl (C=O) groups is 3. The minimum absolute atomic E-state index is 0.0460. The SMILES string of the molecule is CC(Sc1cccc(NC(=O)/C(=C\c2c(F)cccc2Cl)NC(=O)c2ccccc2)c1)C(=O)Nc1ccccc1Cl. The molecule has 0 saturated heterocycles. The highest BCUT2D eigenvalue weighted by atomic mass is 35.5. The lowest BCUT2D eigenvalue weighted by atomic mass is 10.1. The molecule has 0 aliphatic carbocycles. The van der Waals surface area contributed by atoms with E-state index in [1.54, 1.807) is 85.8 Å². The van der Waals surface area contributed by atoms with Gasteiger partial charge in [0, 0.05) is 21.7 Å². The molecular weight excluding hydrogens is 584 g/mol. The predicted molar refractivity (Wildman–Crippen MR) is 164 cm³/mol. The third-order valence-corrected chi connectivity index (χ3v) is 7.48. The highest BCUT2D eigenvalue weighted by molar-refractivity contribution is 8.00. The van der Waals surface area contributed by atoms with Gasteiger partial charge in [-0.25, -0.2) is 4.39 Å². The molecule has 4 aromatic rings. The van der Waals surface area contributed by atoms with Crippen LogP contribution in [0.2, 0.25) is 10.0 Å². The van der Waals surface area contributed by atoms with Gasteiger partial charge in [0.2, 0.25) is 5.91 Å². The third-order valence-electron chi connectivity index (χ3n) is 5.72. The van der Waals surface area contributed by atoms with E-state index in [1.165, 1.54) is 36.0 Å². The number of hydrogen-bond donors (Lipinski definition) is 3. The van der Waals surface area contributed by atoms with Crippen molar-refractivity contribution >= 4 is 70.1 Å². The summed E-state index contributed by atoms with van der Waals surface area (Å²) in [5, 5.41) is 8.12. The second-order valence-corrected chi connectivity index (χ2v) is 11.0. The quantitative estimate of drug-likeness (QED) is 0.135. The van der Waals surface area contributed by atoms with Gasteiger partial charge in [-0.05, 0) is 67.6 Å². The zero-order chi connectivity index (χ0) is 29.4. The summed E-state index contributed by atoms with van der Waals surface area (Å²) in [4.78, 5) is 39.6. The molecule has 0 aromatic heterocycles. The van der Waals surface area contributed by atoms with Gasteiger partial charge < -0.3 is 16.0 Å². The second kappa shape index (κ2) is 14.0. The number of thioether (sulfide) groups is 1. The van der Waals surface area contributed by atoms with Crippen molar-refractivity contribution in [3.63, 3.8) is 0 Å². The molecule has 208 valence electrons. The van der Waals surface area contributed by atoms with E-state index in [0.717, 1.165) is 0 Å². The summed E-state index contributed by atoms with van der Waals surface area (Å²) in [7, 11) is 0. The summed E-state index contributed by atoms with van der Waals surface area (Å²) < 4.78 is 14.5. The number of amides is 3. The van der Waals surface area contributed by atoms with Crippen molar-refractivity contribution in [1.82, 2.24) is 5.32 Å². The summed E-state index contributed by atoms with van der Waals surface area (Å²) in [6.45, 7) is 1.75. The first kappa shape index (κ1) is 29.9. The van der Waals surface area contributed by atoms with Crippen molar-refractivity contribution in [1.29, 1.82) is 0 Å². The Morgan fingerprint density at radius 3 is 2.24 bits per heavy atom. The van der Waals surface area contributed by atoms with E-state index in [4.69, 9.17) is 23.2 Å².